The second-order valence-corrected chi connectivity index (χ2v) is 4.19. The lowest BCUT2D eigenvalue weighted by atomic mass is 10.0. The van der Waals surface area contributed by atoms with Crippen LogP contribution >= 0.6 is 11.6 Å². The molecule has 0 unspecified atom stereocenters. The van der Waals surface area contributed by atoms with Crippen molar-refractivity contribution in [2.45, 2.75) is 19.8 Å². The topological polar surface area (TPSA) is 52.0 Å². The Morgan fingerprint density at radius 1 is 1.47 bits per heavy atom. The molecule has 1 heterocycles. The van der Waals surface area contributed by atoms with Crippen LogP contribution in [0.25, 0.3) is 11.3 Å². The van der Waals surface area contributed by atoms with Gasteiger partial charge in [0.25, 0.3) is 0 Å². The maximum absolute atomic E-state index is 13.8. The van der Waals surface area contributed by atoms with Gasteiger partial charge in [-0.3, -0.25) is 0 Å². The number of nitrogen functional groups attached to an aromatic ring is 1. The third-order valence-corrected chi connectivity index (χ3v) is 2.73. The van der Waals surface area contributed by atoms with Gasteiger partial charge in [0.15, 0.2) is 11.6 Å². The van der Waals surface area contributed by atoms with Crippen LogP contribution in [0.2, 0.25) is 5.02 Å². The Labute approximate surface area is 103 Å². The molecule has 0 aliphatic heterocycles. The van der Waals surface area contributed by atoms with Gasteiger partial charge in [0.2, 0.25) is 0 Å². The van der Waals surface area contributed by atoms with E-state index in [4.69, 9.17) is 21.9 Å². The number of hydrogen-bond donors (Lipinski definition) is 1. The van der Waals surface area contributed by atoms with E-state index in [9.17, 15) is 4.39 Å². The van der Waals surface area contributed by atoms with Crippen LogP contribution in [0, 0.1) is 5.82 Å². The van der Waals surface area contributed by atoms with E-state index in [0.29, 0.717) is 28.6 Å². The maximum Gasteiger partial charge on any atom is 0.175 e. The summed E-state index contributed by atoms with van der Waals surface area (Å²) in [5, 5.41) is 4.02. The monoisotopic (exact) mass is 254 g/mol. The van der Waals surface area contributed by atoms with Crippen LogP contribution in [-0.2, 0) is 6.42 Å². The van der Waals surface area contributed by atoms with Gasteiger partial charge in [-0.2, -0.15) is 0 Å². The molecule has 5 heteroatoms. The minimum Gasteiger partial charge on any atom is -0.381 e. The number of anilines is 1. The second-order valence-electron chi connectivity index (χ2n) is 3.75. The van der Waals surface area contributed by atoms with E-state index >= 15 is 0 Å². The van der Waals surface area contributed by atoms with E-state index in [1.165, 1.54) is 6.07 Å². The van der Waals surface area contributed by atoms with Crippen molar-refractivity contribution in [3.8, 4) is 11.3 Å². The number of benzene rings is 1. The van der Waals surface area contributed by atoms with Crippen molar-refractivity contribution in [3.63, 3.8) is 0 Å². The van der Waals surface area contributed by atoms with Gasteiger partial charge in [-0.1, -0.05) is 30.1 Å². The van der Waals surface area contributed by atoms with E-state index in [-0.39, 0.29) is 0 Å². The minimum absolute atomic E-state index is 0.316. The lowest BCUT2D eigenvalue weighted by Gasteiger charge is -2.02. The predicted octanol–water partition coefficient (Wildman–Crippen LogP) is 3.67. The average molecular weight is 255 g/mol. The van der Waals surface area contributed by atoms with Crippen molar-refractivity contribution in [3.05, 3.63) is 34.6 Å². The molecule has 90 valence electrons. The molecule has 1 aromatic heterocycles. The van der Waals surface area contributed by atoms with Crippen LogP contribution in [0.5, 0.6) is 0 Å². The van der Waals surface area contributed by atoms with E-state index in [0.717, 1.165) is 12.0 Å². The smallest absolute Gasteiger partial charge is 0.175 e. The summed E-state index contributed by atoms with van der Waals surface area (Å²) in [6.45, 7) is 2.01. The van der Waals surface area contributed by atoms with Gasteiger partial charge in [-0.15, -0.1) is 0 Å². The van der Waals surface area contributed by atoms with Gasteiger partial charge in [0.1, 0.15) is 5.82 Å². The van der Waals surface area contributed by atoms with Crippen LogP contribution in [0.1, 0.15) is 18.9 Å². The third kappa shape index (κ3) is 2.26. The molecule has 1 aromatic carbocycles. The molecule has 0 fully saturated rings. The van der Waals surface area contributed by atoms with E-state index in [2.05, 4.69) is 5.16 Å². The average Bonchev–Trinajstić information content (AvgIpc) is 2.62. The molecular weight excluding hydrogens is 243 g/mol. The van der Waals surface area contributed by atoms with Crippen molar-refractivity contribution in [2.75, 3.05) is 5.73 Å². The van der Waals surface area contributed by atoms with Crippen molar-refractivity contribution < 1.29 is 8.91 Å². The molecule has 0 bridgehead atoms. The van der Waals surface area contributed by atoms with E-state index in [1.54, 1.807) is 12.1 Å². The molecule has 0 saturated heterocycles. The summed E-state index contributed by atoms with van der Waals surface area (Å²) in [7, 11) is 0. The summed E-state index contributed by atoms with van der Waals surface area (Å²) in [5.74, 6) is 0.265. The van der Waals surface area contributed by atoms with Crippen molar-refractivity contribution in [1.82, 2.24) is 5.16 Å². The zero-order valence-corrected chi connectivity index (χ0v) is 10.1. The molecule has 2 N–H and O–H groups in total. The summed E-state index contributed by atoms with van der Waals surface area (Å²) in [5.41, 5.74) is 6.77. The number of hydrogen-bond acceptors (Lipinski definition) is 3. The molecule has 2 aromatic rings. The fraction of sp³-hybridized carbons (Fsp3) is 0.250. The Kier molecular flexibility index (Phi) is 3.33. The molecule has 0 saturated carbocycles. The number of aromatic nitrogens is 1. The van der Waals surface area contributed by atoms with Crippen molar-refractivity contribution in [1.29, 1.82) is 0 Å². The first-order valence-corrected chi connectivity index (χ1v) is 5.70. The van der Waals surface area contributed by atoms with Gasteiger partial charge in [0, 0.05) is 10.6 Å². The van der Waals surface area contributed by atoms with Gasteiger partial charge < -0.3 is 10.3 Å². The highest BCUT2D eigenvalue weighted by atomic mass is 35.5. The molecule has 0 spiro atoms. The molecule has 0 atom stereocenters. The Morgan fingerprint density at radius 3 is 2.88 bits per heavy atom. The first-order valence-electron chi connectivity index (χ1n) is 5.33. The fourth-order valence-corrected chi connectivity index (χ4v) is 1.86. The van der Waals surface area contributed by atoms with E-state index in [1.807, 2.05) is 6.92 Å². The first kappa shape index (κ1) is 11.9. The summed E-state index contributed by atoms with van der Waals surface area (Å²) in [6.07, 6.45) is 1.58. The first-order chi connectivity index (χ1) is 8.13. The number of halogens is 2. The Balaban J connectivity index is 2.52. The normalized spacial score (nSPS) is 10.8. The van der Waals surface area contributed by atoms with Crippen molar-refractivity contribution in [2.24, 2.45) is 0 Å². The second kappa shape index (κ2) is 4.75. The summed E-state index contributed by atoms with van der Waals surface area (Å²) >= 11 is 5.70. The Hall–Kier alpha value is -1.55. The summed E-state index contributed by atoms with van der Waals surface area (Å²) in [4.78, 5) is 0. The molecule has 0 aliphatic carbocycles. The van der Waals surface area contributed by atoms with Crippen LogP contribution in [-0.4, -0.2) is 5.16 Å². The van der Waals surface area contributed by atoms with E-state index < -0.39 is 5.82 Å². The number of nitrogens with zero attached hydrogens (tertiary/aromatic N) is 1. The molecule has 0 radical (unpaired) electrons. The van der Waals surface area contributed by atoms with Crippen molar-refractivity contribution >= 4 is 17.4 Å². The molecule has 0 amide bonds. The van der Waals surface area contributed by atoms with Crippen LogP contribution in [0.4, 0.5) is 10.2 Å². The molecule has 2 rings (SSSR count). The highest BCUT2D eigenvalue weighted by molar-refractivity contribution is 6.30. The molecule has 0 aliphatic rings. The maximum atomic E-state index is 13.8. The minimum atomic E-state index is -0.439. The SMILES string of the molecule is CCCc1c(N)noc1-c1ccc(Cl)cc1F. The van der Waals surface area contributed by atoms with Crippen LogP contribution in [0.3, 0.4) is 0 Å². The number of nitrogens with two attached hydrogens (primary N) is 1. The largest absolute Gasteiger partial charge is 0.381 e. The lowest BCUT2D eigenvalue weighted by molar-refractivity contribution is 0.432. The molecule has 17 heavy (non-hydrogen) atoms. The third-order valence-electron chi connectivity index (χ3n) is 2.49. The van der Waals surface area contributed by atoms with Gasteiger partial charge in [0.05, 0.1) is 5.56 Å². The highest BCUT2D eigenvalue weighted by Gasteiger charge is 2.18. The molecular formula is C12H12ClFN2O. The lowest BCUT2D eigenvalue weighted by Crippen LogP contribution is -1.93. The van der Waals surface area contributed by atoms with Crippen LogP contribution in [0.15, 0.2) is 22.7 Å². The zero-order chi connectivity index (χ0) is 12.4. The Bertz CT molecular complexity index is 539. The summed E-state index contributed by atoms with van der Waals surface area (Å²) < 4.78 is 18.8. The zero-order valence-electron chi connectivity index (χ0n) is 9.34. The van der Waals surface area contributed by atoms with Gasteiger partial charge >= 0.3 is 0 Å². The summed E-state index contributed by atoms with van der Waals surface area (Å²) in [6, 6.07) is 4.41. The van der Waals surface area contributed by atoms with Gasteiger partial charge in [-0.05, 0) is 24.6 Å². The highest BCUT2D eigenvalue weighted by Crippen LogP contribution is 2.31. The Morgan fingerprint density at radius 2 is 2.24 bits per heavy atom. The number of rotatable bonds is 3. The van der Waals surface area contributed by atoms with Gasteiger partial charge in [-0.25, -0.2) is 4.39 Å². The fourth-order valence-electron chi connectivity index (χ4n) is 1.70. The standard InChI is InChI=1S/C12H12ClFN2O/c1-2-3-9-11(17-16-12(9)15)8-5-4-7(13)6-10(8)14/h4-6H,2-3H2,1H3,(H2,15,16). The molecule has 3 nitrogen and oxygen atoms in total. The van der Waals surface area contributed by atoms with Crippen LogP contribution < -0.4 is 5.73 Å². The quantitative estimate of drug-likeness (QED) is 0.909. The predicted molar refractivity (Wildman–Crippen MR) is 65.3 cm³/mol.